The number of hydrazine groups is 1. The van der Waals surface area contributed by atoms with Crippen molar-refractivity contribution >= 4 is 17.4 Å². The van der Waals surface area contributed by atoms with Gasteiger partial charge in [0.15, 0.2) is 5.84 Å². The number of likely N-dealkylation sites (N-methyl/N-ethyl adjacent to an activating group) is 1. The molecule has 0 saturated carbocycles. The van der Waals surface area contributed by atoms with E-state index >= 15 is 0 Å². The minimum absolute atomic E-state index is 0.128. The van der Waals surface area contributed by atoms with Gasteiger partial charge >= 0.3 is 0 Å². The second-order valence-electron chi connectivity index (χ2n) is 9.24. The van der Waals surface area contributed by atoms with Crippen LogP contribution in [0.15, 0.2) is 121 Å². The van der Waals surface area contributed by atoms with E-state index in [2.05, 4.69) is 47.0 Å². The number of methoxy groups -OCH3 is 1. The number of carbonyl (C=O) groups is 1. The van der Waals surface area contributed by atoms with Crippen molar-refractivity contribution in [3.8, 4) is 16.9 Å². The molecule has 1 aliphatic rings. The number of rotatable bonds is 9. The fourth-order valence-corrected chi connectivity index (χ4v) is 4.46. The maximum absolute atomic E-state index is 13.4. The summed E-state index contributed by atoms with van der Waals surface area (Å²) in [7, 11) is 3.32. The van der Waals surface area contributed by atoms with Gasteiger partial charge in [-0.1, -0.05) is 84.9 Å². The summed E-state index contributed by atoms with van der Waals surface area (Å²) in [6.07, 6.45) is 0. The summed E-state index contributed by atoms with van der Waals surface area (Å²) in [5.41, 5.74) is 5.44. The van der Waals surface area contributed by atoms with Crippen molar-refractivity contribution in [2.45, 2.75) is 13.1 Å². The molecule has 3 N–H and O–H groups in total. The monoisotopic (exact) mass is 517 g/mol. The lowest BCUT2D eigenvalue weighted by Gasteiger charge is -2.25. The molecule has 7 nitrogen and oxygen atoms in total. The number of amidine groups is 1. The Kier molecular flexibility index (Phi) is 7.59. The predicted molar refractivity (Wildman–Crippen MR) is 155 cm³/mol. The molecule has 0 spiro atoms. The second kappa shape index (κ2) is 11.6. The Morgan fingerprint density at radius 3 is 2.03 bits per heavy atom. The number of hydrogen-bond acceptors (Lipinski definition) is 5. The van der Waals surface area contributed by atoms with Crippen LogP contribution in [0.25, 0.3) is 11.1 Å². The number of amides is 1. The third-order valence-electron chi connectivity index (χ3n) is 6.68. The third-order valence-corrected chi connectivity index (χ3v) is 6.68. The van der Waals surface area contributed by atoms with E-state index in [0.29, 0.717) is 18.9 Å². The molecule has 196 valence electrons. The minimum atomic E-state index is -0.251. The van der Waals surface area contributed by atoms with Gasteiger partial charge in [0.05, 0.1) is 13.7 Å². The van der Waals surface area contributed by atoms with Crippen LogP contribution in [0.2, 0.25) is 0 Å². The molecule has 0 radical (unpaired) electrons. The van der Waals surface area contributed by atoms with Crippen LogP contribution in [0.1, 0.15) is 11.1 Å². The van der Waals surface area contributed by atoms with Crippen molar-refractivity contribution in [1.82, 2.24) is 15.3 Å². The van der Waals surface area contributed by atoms with Crippen LogP contribution >= 0.6 is 0 Å². The molecule has 39 heavy (non-hydrogen) atoms. The number of carbonyl (C=O) groups excluding carboxylic acids is 1. The molecule has 4 aromatic rings. The largest absolute Gasteiger partial charge is 0.497 e. The molecule has 0 aromatic heterocycles. The number of nitrogens with zero attached hydrogens (tertiary/aromatic N) is 2. The standard InChI is InChI=1S/C32H31N5O2/c1-36-32(38)29(30(33)37(36)22-24-15-19-28(39-2)20-16-24)31(35-27-11-7-4-8-12-27)34-21-23-13-17-26(18-14-23)25-9-5-3-6-10-25/h3-20,33-35H,21-22H2,1-2H3/b31-29-,33-30?. The van der Waals surface area contributed by atoms with Gasteiger partial charge in [-0.2, -0.15) is 0 Å². The Morgan fingerprint density at radius 1 is 0.795 bits per heavy atom. The fourth-order valence-electron chi connectivity index (χ4n) is 4.46. The quantitative estimate of drug-likeness (QED) is 0.250. The van der Waals surface area contributed by atoms with Crippen molar-refractivity contribution in [1.29, 1.82) is 5.41 Å². The summed E-state index contributed by atoms with van der Waals surface area (Å²) in [6, 6.07) is 35.9. The Morgan fingerprint density at radius 2 is 1.38 bits per heavy atom. The molecular weight excluding hydrogens is 486 g/mol. The summed E-state index contributed by atoms with van der Waals surface area (Å²) in [4.78, 5) is 13.4. The number of hydrogen-bond donors (Lipinski definition) is 3. The average molecular weight is 518 g/mol. The molecule has 1 aliphatic heterocycles. The number of anilines is 1. The summed E-state index contributed by atoms with van der Waals surface area (Å²) < 4.78 is 5.25. The van der Waals surface area contributed by atoms with Gasteiger partial charge in [0.2, 0.25) is 0 Å². The Balaban J connectivity index is 1.40. The van der Waals surface area contributed by atoms with E-state index < -0.39 is 0 Å². The van der Waals surface area contributed by atoms with E-state index in [1.165, 1.54) is 5.01 Å². The van der Waals surface area contributed by atoms with Crippen molar-refractivity contribution in [3.63, 3.8) is 0 Å². The van der Waals surface area contributed by atoms with Crippen LogP contribution in [0.3, 0.4) is 0 Å². The molecule has 5 rings (SSSR count). The molecule has 1 amide bonds. The van der Waals surface area contributed by atoms with E-state index in [1.807, 2.05) is 72.8 Å². The Hall–Kier alpha value is -5.04. The highest BCUT2D eigenvalue weighted by atomic mass is 16.5. The highest BCUT2D eigenvalue weighted by molar-refractivity contribution is 6.24. The molecule has 7 heteroatoms. The summed E-state index contributed by atoms with van der Waals surface area (Å²) in [6.45, 7) is 0.866. The summed E-state index contributed by atoms with van der Waals surface area (Å²) >= 11 is 0. The van der Waals surface area contributed by atoms with Gasteiger partial charge in [-0.05, 0) is 46.5 Å². The molecule has 4 aromatic carbocycles. The smallest absolute Gasteiger partial charge is 0.279 e. The van der Waals surface area contributed by atoms with Crippen molar-refractivity contribution in [2.24, 2.45) is 0 Å². The molecule has 0 aliphatic carbocycles. The summed E-state index contributed by atoms with van der Waals surface area (Å²) in [5, 5.41) is 18.9. The van der Waals surface area contributed by atoms with Crippen molar-refractivity contribution in [3.05, 3.63) is 132 Å². The first kappa shape index (κ1) is 25.6. The van der Waals surface area contributed by atoms with Crippen LogP contribution in [-0.4, -0.2) is 35.9 Å². The van der Waals surface area contributed by atoms with E-state index in [-0.39, 0.29) is 17.3 Å². The maximum Gasteiger partial charge on any atom is 0.279 e. The zero-order chi connectivity index (χ0) is 27.2. The zero-order valence-corrected chi connectivity index (χ0v) is 22.0. The second-order valence-corrected chi connectivity index (χ2v) is 9.24. The zero-order valence-electron chi connectivity index (χ0n) is 22.0. The maximum atomic E-state index is 13.4. The normalized spacial score (nSPS) is 14.4. The molecular formula is C32H31N5O2. The number of benzene rings is 4. The Labute approximate surface area is 228 Å². The van der Waals surface area contributed by atoms with Crippen LogP contribution in [-0.2, 0) is 17.9 Å². The van der Waals surface area contributed by atoms with E-state index in [9.17, 15) is 4.79 Å². The van der Waals surface area contributed by atoms with Gasteiger partial charge < -0.3 is 15.4 Å². The average Bonchev–Trinajstić information content (AvgIpc) is 3.19. The molecule has 1 heterocycles. The molecule has 1 saturated heterocycles. The van der Waals surface area contributed by atoms with Crippen LogP contribution in [0, 0.1) is 5.41 Å². The van der Waals surface area contributed by atoms with Crippen molar-refractivity contribution in [2.75, 3.05) is 19.5 Å². The molecule has 0 bridgehead atoms. The van der Waals surface area contributed by atoms with Gasteiger partial charge in [0, 0.05) is 19.3 Å². The lowest BCUT2D eigenvalue weighted by atomic mass is 10.0. The Bertz CT molecular complexity index is 1470. The van der Waals surface area contributed by atoms with Gasteiger partial charge in [0.1, 0.15) is 17.1 Å². The van der Waals surface area contributed by atoms with Crippen molar-refractivity contribution < 1.29 is 9.53 Å². The van der Waals surface area contributed by atoms with E-state index in [0.717, 1.165) is 33.7 Å². The van der Waals surface area contributed by atoms with Crippen LogP contribution in [0.5, 0.6) is 5.75 Å². The number of ether oxygens (including phenoxy) is 1. The predicted octanol–water partition coefficient (Wildman–Crippen LogP) is 5.64. The first-order valence-electron chi connectivity index (χ1n) is 12.8. The fraction of sp³-hybridized carbons (Fsp3) is 0.125. The van der Waals surface area contributed by atoms with Gasteiger partial charge in [0.25, 0.3) is 5.91 Å². The number of para-hydroxylation sites is 1. The number of nitrogens with one attached hydrogen (secondary N) is 3. The molecule has 1 fully saturated rings. The molecule has 0 atom stereocenters. The minimum Gasteiger partial charge on any atom is -0.497 e. The lowest BCUT2D eigenvalue weighted by molar-refractivity contribution is -0.132. The van der Waals surface area contributed by atoms with Gasteiger partial charge in [-0.25, -0.2) is 0 Å². The first-order chi connectivity index (χ1) is 19.0. The van der Waals surface area contributed by atoms with Crippen LogP contribution < -0.4 is 15.4 Å². The summed E-state index contributed by atoms with van der Waals surface area (Å²) in [5.74, 6) is 1.13. The van der Waals surface area contributed by atoms with Gasteiger partial charge in [-0.15, -0.1) is 0 Å². The van der Waals surface area contributed by atoms with E-state index in [1.54, 1.807) is 19.2 Å². The first-order valence-corrected chi connectivity index (χ1v) is 12.8. The SMILES string of the molecule is COc1ccc(CN2C(=N)/C(=C(\NCc3ccc(-c4ccccc4)cc3)Nc3ccccc3)C(=O)N2C)cc1. The van der Waals surface area contributed by atoms with Gasteiger partial charge in [-0.3, -0.25) is 20.2 Å². The highest BCUT2D eigenvalue weighted by Crippen LogP contribution is 2.25. The molecule has 0 unspecified atom stereocenters. The third kappa shape index (κ3) is 5.78. The van der Waals surface area contributed by atoms with Crippen LogP contribution in [0.4, 0.5) is 5.69 Å². The highest BCUT2D eigenvalue weighted by Gasteiger charge is 2.38. The van der Waals surface area contributed by atoms with E-state index in [4.69, 9.17) is 10.1 Å². The topological polar surface area (TPSA) is 80.7 Å². The lowest BCUT2D eigenvalue weighted by Crippen LogP contribution is -2.36.